The predicted molar refractivity (Wildman–Crippen MR) is 77.8 cm³/mol. The molecule has 4 nitrogen and oxygen atoms in total. The highest BCUT2D eigenvalue weighted by atomic mass is 19.1. The summed E-state index contributed by atoms with van der Waals surface area (Å²) in [4.78, 5) is 0. The molecule has 1 atom stereocenters. The molecule has 0 saturated heterocycles. The van der Waals surface area contributed by atoms with Gasteiger partial charge in [-0.25, -0.2) is 4.39 Å². The van der Waals surface area contributed by atoms with E-state index in [0.717, 1.165) is 11.3 Å². The third-order valence-corrected chi connectivity index (χ3v) is 3.47. The number of hydrogen-bond acceptors (Lipinski definition) is 4. The number of fused-ring (bicyclic) bond motifs is 1. The van der Waals surface area contributed by atoms with Gasteiger partial charge in [0.25, 0.3) is 0 Å². The second kappa shape index (κ2) is 5.52. The number of methoxy groups -OCH3 is 2. The minimum Gasteiger partial charge on any atom is -0.493 e. The molecule has 1 heterocycles. The first-order chi connectivity index (χ1) is 10.2. The second-order valence-electron chi connectivity index (χ2n) is 4.74. The van der Waals surface area contributed by atoms with E-state index in [0.29, 0.717) is 23.8 Å². The number of nitrogens with one attached hydrogen (secondary N) is 1. The van der Waals surface area contributed by atoms with Crippen LogP contribution in [0.4, 0.5) is 10.1 Å². The minimum absolute atomic E-state index is 0.209. The largest absolute Gasteiger partial charge is 0.493 e. The fourth-order valence-corrected chi connectivity index (χ4v) is 2.38. The summed E-state index contributed by atoms with van der Waals surface area (Å²) in [5.74, 6) is 1.50. The maximum atomic E-state index is 13.3. The van der Waals surface area contributed by atoms with Crippen LogP contribution in [-0.2, 0) is 0 Å². The highest BCUT2D eigenvalue weighted by Crippen LogP contribution is 2.37. The lowest BCUT2D eigenvalue weighted by atomic mass is 10.1. The number of ether oxygens (including phenoxy) is 3. The number of hydrogen-bond donors (Lipinski definition) is 1. The number of rotatable bonds is 3. The van der Waals surface area contributed by atoms with Gasteiger partial charge in [-0.2, -0.15) is 0 Å². The van der Waals surface area contributed by atoms with Crippen LogP contribution in [0, 0.1) is 5.82 Å². The van der Waals surface area contributed by atoms with Crippen molar-refractivity contribution in [2.45, 2.75) is 6.10 Å². The molecule has 0 bridgehead atoms. The quantitative estimate of drug-likeness (QED) is 0.940. The first kappa shape index (κ1) is 13.5. The average Bonchev–Trinajstić information content (AvgIpc) is 2.53. The van der Waals surface area contributed by atoms with Crippen LogP contribution in [0.3, 0.4) is 0 Å². The van der Waals surface area contributed by atoms with Crippen molar-refractivity contribution in [1.29, 1.82) is 0 Å². The SMILES string of the molecule is COc1ccc(C2CNc3ccc(F)cc3O2)cc1OC. The van der Waals surface area contributed by atoms with Gasteiger partial charge in [0, 0.05) is 6.07 Å². The van der Waals surface area contributed by atoms with E-state index in [1.54, 1.807) is 20.3 Å². The Bertz CT molecular complexity index is 660. The van der Waals surface area contributed by atoms with Crippen LogP contribution >= 0.6 is 0 Å². The average molecular weight is 289 g/mol. The normalized spacial score (nSPS) is 16.4. The van der Waals surface area contributed by atoms with Gasteiger partial charge in [0.15, 0.2) is 11.5 Å². The van der Waals surface area contributed by atoms with Gasteiger partial charge in [0.2, 0.25) is 0 Å². The van der Waals surface area contributed by atoms with Crippen molar-refractivity contribution in [2.75, 3.05) is 26.1 Å². The van der Waals surface area contributed by atoms with E-state index in [1.165, 1.54) is 12.1 Å². The lowest BCUT2D eigenvalue weighted by molar-refractivity contribution is 0.209. The Morgan fingerprint density at radius 3 is 2.67 bits per heavy atom. The zero-order valence-electron chi connectivity index (χ0n) is 11.9. The maximum Gasteiger partial charge on any atom is 0.161 e. The molecule has 0 saturated carbocycles. The molecule has 1 N–H and O–H groups in total. The lowest BCUT2D eigenvalue weighted by Crippen LogP contribution is -2.23. The Hall–Kier alpha value is -2.43. The van der Waals surface area contributed by atoms with E-state index >= 15 is 0 Å². The molecule has 1 aliphatic heterocycles. The van der Waals surface area contributed by atoms with E-state index in [4.69, 9.17) is 14.2 Å². The van der Waals surface area contributed by atoms with Gasteiger partial charge in [0.05, 0.1) is 26.5 Å². The molecule has 5 heteroatoms. The van der Waals surface area contributed by atoms with E-state index in [-0.39, 0.29) is 11.9 Å². The van der Waals surface area contributed by atoms with Crippen molar-refractivity contribution >= 4 is 5.69 Å². The molecule has 1 unspecified atom stereocenters. The molecular weight excluding hydrogens is 273 g/mol. The Balaban J connectivity index is 1.89. The molecule has 0 aromatic heterocycles. The maximum absolute atomic E-state index is 13.3. The fraction of sp³-hybridized carbons (Fsp3) is 0.250. The van der Waals surface area contributed by atoms with Crippen LogP contribution in [-0.4, -0.2) is 20.8 Å². The predicted octanol–water partition coefficient (Wildman–Crippen LogP) is 3.39. The van der Waals surface area contributed by atoms with E-state index in [2.05, 4.69) is 5.32 Å². The van der Waals surface area contributed by atoms with Gasteiger partial charge in [-0.1, -0.05) is 6.07 Å². The Labute approximate surface area is 122 Å². The van der Waals surface area contributed by atoms with Crippen molar-refractivity contribution in [3.63, 3.8) is 0 Å². The molecule has 2 aromatic carbocycles. The van der Waals surface area contributed by atoms with Gasteiger partial charge in [-0.3, -0.25) is 0 Å². The number of halogens is 1. The fourth-order valence-electron chi connectivity index (χ4n) is 2.38. The van der Waals surface area contributed by atoms with Crippen LogP contribution in [0.5, 0.6) is 17.2 Å². The van der Waals surface area contributed by atoms with Gasteiger partial charge < -0.3 is 19.5 Å². The summed E-state index contributed by atoms with van der Waals surface area (Å²) in [7, 11) is 3.18. The van der Waals surface area contributed by atoms with Crippen molar-refractivity contribution in [1.82, 2.24) is 0 Å². The van der Waals surface area contributed by atoms with Gasteiger partial charge in [-0.15, -0.1) is 0 Å². The van der Waals surface area contributed by atoms with Crippen LogP contribution in [0.25, 0.3) is 0 Å². The van der Waals surface area contributed by atoms with Crippen molar-refractivity contribution < 1.29 is 18.6 Å². The first-order valence-electron chi connectivity index (χ1n) is 6.63. The summed E-state index contributed by atoms with van der Waals surface area (Å²) in [6.07, 6.45) is -0.209. The highest BCUT2D eigenvalue weighted by molar-refractivity contribution is 5.58. The molecular formula is C16H16FNO3. The van der Waals surface area contributed by atoms with E-state index < -0.39 is 0 Å². The summed E-state index contributed by atoms with van der Waals surface area (Å²) in [6, 6.07) is 10.1. The Morgan fingerprint density at radius 1 is 1.10 bits per heavy atom. The standard InChI is InChI=1S/C16H16FNO3/c1-19-13-6-3-10(7-15(13)20-2)16-9-18-12-5-4-11(17)8-14(12)21-16/h3-8,16,18H,9H2,1-2H3. The molecule has 3 rings (SSSR count). The summed E-state index contributed by atoms with van der Waals surface area (Å²) in [5.41, 5.74) is 1.74. The summed E-state index contributed by atoms with van der Waals surface area (Å²) in [6.45, 7) is 0.605. The summed E-state index contributed by atoms with van der Waals surface area (Å²) >= 11 is 0. The highest BCUT2D eigenvalue weighted by Gasteiger charge is 2.22. The third-order valence-electron chi connectivity index (χ3n) is 3.47. The van der Waals surface area contributed by atoms with E-state index in [9.17, 15) is 4.39 Å². The zero-order valence-corrected chi connectivity index (χ0v) is 11.9. The molecule has 0 aliphatic carbocycles. The molecule has 1 aliphatic rings. The monoisotopic (exact) mass is 289 g/mol. The molecule has 0 radical (unpaired) electrons. The molecule has 0 spiro atoms. The number of benzene rings is 2. The van der Waals surface area contributed by atoms with Crippen LogP contribution in [0.15, 0.2) is 36.4 Å². The molecule has 0 amide bonds. The topological polar surface area (TPSA) is 39.7 Å². The number of anilines is 1. The molecule has 21 heavy (non-hydrogen) atoms. The van der Waals surface area contributed by atoms with Crippen molar-refractivity contribution in [3.05, 3.63) is 47.8 Å². The smallest absolute Gasteiger partial charge is 0.161 e. The summed E-state index contributed by atoms with van der Waals surface area (Å²) < 4.78 is 29.7. The van der Waals surface area contributed by atoms with Gasteiger partial charge >= 0.3 is 0 Å². The molecule has 110 valence electrons. The molecule has 2 aromatic rings. The first-order valence-corrected chi connectivity index (χ1v) is 6.63. The Morgan fingerprint density at radius 2 is 1.90 bits per heavy atom. The van der Waals surface area contributed by atoms with Crippen LogP contribution < -0.4 is 19.5 Å². The van der Waals surface area contributed by atoms with Crippen LogP contribution in [0.1, 0.15) is 11.7 Å². The van der Waals surface area contributed by atoms with Gasteiger partial charge in [-0.05, 0) is 29.8 Å². The van der Waals surface area contributed by atoms with E-state index in [1.807, 2.05) is 18.2 Å². The van der Waals surface area contributed by atoms with Crippen molar-refractivity contribution in [3.8, 4) is 17.2 Å². The Kier molecular flexibility index (Phi) is 3.56. The second-order valence-corrected chi connectivity index (χ2v) is 4.74. The molecule has 0 fully saturated rings. The third kappa shape index (κ3) is 2.59. The zero-order chi connectivity index (χ0) is 14.8. The minimum atomic E-state index is -0.316. The van der Waals surface area contributed by atoms with Crippen molar-refractivity contribution in [2.24, 2.45) is 0 Å². The van der Waals surface area contributed by atoms with Gasteiger partial charge in [0.1, 0.15) is 17.7 Å². The summed E-state index contributed by atoms with van der Waals surface area (Å²) in [5, 5.41) is 3.24. The lowest BCUT2D eigenvalue weighted by Gasteiger charge is -2.28. The van der Waals surface area contributed by atoms with Crippen LogP contribution in [0.2, 0.25) is 0 Å².